The molecule has 0 fully saturated rings. The quantitative estimate of drug-likeness (QED) is 0.937. The van der Waals surface area contributed by atoms with E-state index < -0.39 is 10.0 Å². The van der Waals surface area contributed by atoms with Gasteiger partial charge in [-0.15, -0.1) is 0 Å². The van der Waals surface area contributed by atoms with Crippen molar-refractivity contribution < 1.29 is 8.42 Å². The smallest absolute Gasteiger partial charge is 0.262 e. The second-order valence-electron chi connectivity index (χ2n) is 4.46. The number of rotatable bonds is 3. The highest BCUT2D eigenvalue weighted by atomic mass is 32.2. The minimum absolute atomic E-state index is 0.287. The van der Waals surface area contributed by atoms with Gasteiger partial charge in [-0.25, -0.2) is 8.42 Å². The Labute approximate surface area is 113 Å². The van der Waals surface area contributed by atoms with Gasteiger partial charge in [0.15, 0.2) is 0 Å². The van der Waals surface area contributed by atoms with Crippen LogP contribution in [0.4, 0.5) is 5.69 Å². The van der Waals surface area contributed by atoms with Crippen molar-refractivity contribution in [3.8, 4) is 0 Å². The van der Waals surface area contributed by atoms with Crippen LogP contribution in [0.1, 0.15) is 17.0 Å². The lowest BCUT2D eigenvalue weighted by Crippen LogP contribution is -2.15. The van der Waals surface area contributed by atoms with Gasteiger partial charge in [0.25, 0.3) is 10.0 Å². The highest BCUT2D eigenvalue weighted by Crippen LogP contribution is 2.20. The number of hydrogen-bond acceptors (Lipinski definition) is 3. The summed E-state index contributed by atoms with van der Waals surface area (Å²) >= 11 is 0. The molecule has 4 nitrogen and oxygen atoms in total. The van der Waals surface area contributed by atoms with Gasteiger partial charge in [0, 0.05) is 5.69 Å². The van der Waals surface area contributed by atoms with Crippen LogP contribution in [0.25, 0.3) is 0 Å². The second-order valence-corrected chi connectivity index (χ2v) is 6.11. The van der Waals surface area contributed by atoms with Crippen LogP contribution in [0.3, 0.4) is 0 Å². The molecule has 1 aromatic heterocycles. The van der Waals surface area contributed by atoms with E-state index in [1.807, 2.05) is 13.0 Å². The number of aryl methyl sites for hydroxylation is 3. The highest BCUT2D eigenvalue weighted by molar-refractivity contribution is 7.92. The monoisotopic (exact) mass is 276 g/mol. The summed E-state index contributed by atoms with van der Waals surface area (Å²) in [7, 11) is -3.57. The Morgan fingerprint density at radius 3 is 2.32 bits per heavy atom. The molecule has 0 unspecified atom stereocenters. The van der Waals surface area contributed by atoms with E-state index in [9.17, 15) is 8.42 Å². The zero-order chi connectivity index (χ0) is 14.0. The molecule has 0 spiro atoms. The van der Waals surface area contributed by atoms with Crippen LogP contribution in [-0.4, -0.2) is 13.4 Å². The number of nitrogens with one attached hydrogen (secondary N) is 1. The summed E-state index contributed by atoms with van der Waals surface area (Å²) in [6.07, 6.45) is 0. The first-order valence-corrected chi connectivity index (χ1v) is 7.41. The Balaban J connectivity index is 2.40. The Kier molecular flexibility index (Phi) is 3.57. The molecule has 0 saturated carbocycles. The Morgan fingerprint density at radius 1 is 1.00 bits per heavy atom. The van der Waals surface area contributed by atoms with Crippen molar-refractivity contribution in [1.29, 1.82) is 0 Å². The molecule has 2 aromatic rings. The second kappa shape index (κ2) is 5.01. The van der Waals surface area contributed by atoms with Gasteiger partial charge in [0.2, 0.25) is 0 Å². The Bertz CT molecular complexity index is 709. The SMILES string of the molecule is Cc1ccc(NS(=O)(=O)c2ccccc2C)c(C)n1. The molecular formula is C14H16N2O2S. The van der Waals surface area contributed by atoms with E-state index in [1.165, 1.54) is 0 Å². The fourth-order valence-corrected chi connectivity index (χ4v) is 3.22. The average molecular weight is 276 g/mol. The minimum Gasteiger partial charge on any atom is -0.278 e. The molecule has 0 aliphatic rings. The third-order valence-electron chi connectivity index (χ3n) is 2.85. The lowest BCUT2D eigenvalue weighted by atomic mass is 10.2. The molecule has 0 bridgehead atoms. The van der Waals surface area contributed by atoms with Crippen molar-refractivity contribution in [2.75, 3.05) is 4.72 Å². The number of sulfonamides is 1. The Hall–Kier alpha value is -1.88. The van der Waals surface area contributed by atoms with Crippen molar-refractivity contribution in [2.45, 2.75) is 25.7 Å². The first kappa shape index (κ1) is 13.5. The van der Waals surface area contributed by atoms with Crippen LogP contribution in [0.5, 0.6) is 0 Å². The molecule has 5 heteroatoms. The van der Waals surface area contributed by atoms with Gasteiger partial charge >= 0.3 is 0 Å². The molecule has 19 heavy (non-hydrogen) atoms. The van der Waals surface area contributed by atoms with Crippen LogP contribution in [0.15, 0.2) is 41.3 Å². The Morgan fingerprint density at radius 2 is 1.68 bits per heavy atom. The normalized spacial score (nSPS) is 11.3. The maximum absolute atomic E-state index is 12.3. The summed E-state index contributed by atoms with van der Waals surface area (Å²) in [5.74, 6) is 0. The minimum atomic E-state index is -3.57. The standard InChI is InChI=1S/C14H16N2O2S/c1-10-6-4-5-7-14(10)19(17,18)16-13-9-8-11(2)15-12(13)3/h4-9,16H,1-3H3. The van der Waals surface area contributed by atoms with Gasteiger partial charge in [-0.05, 0) is 44.5 Å². The number of nitrogens with zero attached hydrogens (tertiary/aromatic N) is 1. The zero-order valence-electron chi connectivity index (χ0n) is 11.1. The van der Waals surface area contributed by atoms with Gasteiger partial charge in [-0.1, -0.05) is 18.2 Å². The summed E-state index contributed by atoms with van der Waals surface area (Å²) in [6, 6.07) is 10.4. The van der Waals surface area contributed by atoms with Crippen molar-refractivity contribution in [3.05, 3.63) is 53.3 Å². The molecule has 0 radical (unpaired) electrons. The lowest BCUT2D eigenvalue weighted by molar-refractivity contribution is 0.600. The van der Waals surface area contributed by atoms with Crippen LogP contribution in [0.2, 0.25) is 0 Å². The van der Waals surface area contributed by atoms with E-state index in [-0.39, 0.29) is 4.90 Å². The molecule has 0 amide bonds. The van der Waals surface area contributed by atoms with Crippen LogP contribution in [0, 0.1) is 20.8 Å². The van der Waals surface area contributed by atoms with Gasteiger partial charge < -0.3 is 0 Å². The fourth-order valence-electron chi connectivity index (χ4n) is 1.85. The van der Waals surface area contributed by atoms with Crippen molar-refractivity contribution in [3.63, 3.8) is 0 Å². The molecule has 1 aromatic carbocycles. The zero-order valence-corrected chi connectivity index (χ0v) is 12.0. The summed E-state index contributed by atoms with van der Waals surface area (Å²) in [5.41, 5.74) is 2.75. The molecule has 100 valence electrons. The van der Waals surface area contributed by atoms with Gasteiger partial charge in [0.1, 0.15) is 0 Å². The molecule has 1 N–H and O–H groups in total. The predicted octanol–water partition coefficient (Wildman–Crippen LogP) is 2.81. The maximum Gasteiger partial charge on any atom is 0.262 e. The fraction of sp³-hybridized carbons (Fsp3) is 0.214. The first-order valence-electron chi connectivity index (χ1n) is 5.93. The number of aromatic nitrogens is 1. The van der Waals surface area contributed by atoms with Crippen molar-refractivity contribution in [1.82, 2.24) is 4.98 Å². The van der Waals surface area contributed by atoms with Crippen molar-refractivity contribution in [2.24, 2.45) is 0 Å². The highest BCUT2D eigenvalue weighted by Gasteiger charge is 2.17. The van der Waals surface area contributed by atoms with Crippen LogP contribution >= 0.6 is 0 Å². The topological polar surface area (TPSA) is 59.1 Å². The summed E-state index contributed by atoms with van der Waals surface area (Å²) in [4.78, 5) is 4.53. The third-order valence-corrected chi connectivity index (χ3v) is 4.38. The third kappa shape index (κ3) is 2.93. The van der Waals surface area contributed by atoms with Crippen LogP contribution in [-0.2, 0) is 10.0 Å². The van der Waals surface area contributed by atoms with E-state index in [0.29, 0.717) is 16.9 Å². The molecule has 0 saturated heterocycles. The molecule has 1 heterocycles. The van der Waals surface area contributed by atoms with Crippen molar-refractivity contribution >= 4 is 15.7 Å². The van der Waals surface area contributed by atoms with E-state index in [4.69, 9.17) is 0 Å². The summed E-state index contributed by atoms with van der Waals surface area (Å²) in [5, 5.41) is 0. The average Bonchev–Trinajstić information content (AvgIpc) is 2.33. The van der Waals surface area contributed by atoms with E-state index in [1.54, 1.807) is 44.2 Å². The number of hydrogen-bond donors (Lipinski definition) is 1. The van der Waals surface area contributed by atoms with E-state index in [0.717, 1.165) is 5.69 Å². The molecule has 2 rings (SSSR count). The summed E-state index contributed by atoms with van der Waals surface area (Å²) in [6.45, 7) is 5.42. The maximum atomic E-state index is 12.3. The molecular weight excluding hydrogens is 260 g/mol. The number of pyridine rings is 1. The largest absolute Gasteiger partial charge is 0.278 e. The van der Waals surface area contributed by atoms with Crippen LogP contribution < -0.4 is 4.72 Å². The van der Waals surface area contributed by atoms with E-state index >= 15 is 0 Å². The summed E-state index contributed by atoms with van der Waals surface area (Å²) < 4.78 is 27.2. The molecule has 0 aliphatic carbocycles. The van der Waals surface area contributed by atoms with Gasteiger partial charge in [0.05, 0.1) is 16.3 Å². The van der Waals surface area contributed by atoms with Gasteiger partial charge in [-0.3, -0.25) is 9.71 Å². The molecule has 0 atom stereocenters. The predicted molar refractivity (Wildman–Crippen MR) is 75.7 cm³/mol. The van der Waals surface area contributed by atoms with E-state index in [2.05, 4.69) is 9.71 Å². The first-order chi connectivity index (χ1) is 8.90. The molecule has 0 aliphatic heterocycles. The van der Waals surface area contributed by atoms with Gasteiger partial charge in [-0.2, -0.15) is 0 Å². The lowest BCUT2D eigenvalue weighted by Gasteiger charge is -2.12. The number of benzene rings is 1. The number of anilines is 1.